The number of carbonyl (C=O) groups is 2. The van der Waals surface area contributed by atoms with Gasteiger partial charge in [0.15, 0.2) is 0 Å². The smallest absolute Gasteiger partial charge is 0.271 e. The molecule has 2 aliphatic heterocycles. The van der Waals surface area contributed by atoms with E-state index in [0.717, 1.165) is 37.7 Å². The van der Waals surface area contributed by atoms with Crippen molar-refractivity contribution in [3.63, 3.8) is 0 Å². The van der Waals surface area contributed by atoms with E-state index in [9.17, 15) is 9.59 Å². The van der Waals surface area contributed by atoms with E-state index >= 15 is 0 Å². The van der Waals surface area contributed by atoms with E-state index in [1.807, 2.05) is 8.61 Å². The van der Waals surface area contributed by atoms with Crippen molar-refractivity contribution in [2.24, 2.45) is 0 Å². The summed E-state index contributed by atoms with van der Waals surface area (Å²) in [7, 11) is 5.65. The molecule has 138 valence electrons. The lowest BCUT2D eigenvalue weighted by Gasteiger charge is -2.24. The van der Waals surface area contributed by atoms with Crippen LogP contribution in [0.15, 0.2) is 0 Å². The highest BCUT2D eigenvalue weighted by Crippen LogP contribution is 2.34. The van der Waals surface area contributed by atoms with Crippen molar-refractivity contribution < 1.29 is 19.1 Å². The Balaban J connectivity index is 1.41. The molecular weight excluding hydrogens is 429 g/mol. The van der Waals surface area contributed by atoms with Crippen LogP contribution in [0.25, 0.3) is 0 Å². The monoisotopic (exact) mass is 448 g/mol. The van der Waals surface area contributed by atoms with Crippen LogP contribution in [0.3, 0.4) is 0 Å². The second-order valence-electron chi connectivity index (χ2n) is 4.58. The first kappa shape index (κ1) is 21.6. The van der Waals surface area contributed by atoms with Gasteiger partial charge in [-0.3, -0.25) is 9.59 Å². The summed E-state index contributed by atoms with van der Waals surface area (Å²) in [5.41, 5.74) is 0. The predicted octanol–water partition coefficient (Wildman–Crippen LogP) is 3.95. The molecule has 6 nitrogen and oxygen atoms in total. The van der Waals surface area contributed by atoms with Gasteiger partial charge in [0.05, 0.1) is 26.4 Å². The molecule has 0 aromatic rings. The van der Waals surface area contributed by atoms with E-state index in [0.29, 0.717) is 26.4 Å². The Morgan fingerprint density at radius 3 is 1.46 bits per heavy atom. The summed E-state index contributed by atoms with van der Waals surface area (Å²) in [5, 5.41) is 0. The molecule has 2 saturated heterocycles. The Morgan fingerprint density at radius 1 is 0.708 bits per heavy atom. The molecule has 0 radical (unpaired) electrons. The van der Waals surface area contributed by atoms with Gasteiger partial charge in [0.2, 0.25) is 0 Å². The van der Waals surface area contributed by atoms with E-state index in [4.69, 9.17) is 9.47 Å². The number of hydrogen-bond donors (Lipinski definition) is 0. The summed E-state index contributed by atoms with van der Waals surface area (Å²) in [6, 6.07) is 0. The average Bonchev–Trinajstić information content (AvgIpc) is 2.60. The fraction of sp³-hybridized carbons (Fsp3) is 0.833. The third kappa shape index (κ3) is 9.83. The van der Waals surface area contributed by atoms with E-state index in [-0.39, 0.29) is 8.89 Å². The first-order valence-electron chi connectivity index (χ1n) is 7.42. The summed E-state index contributed by atoms with van der Waals surface area (Å²) in [6.07, 6.45) is 0. The molecule has 0 atom stereocenters. The Hall–Kier alpha value is 1.28. The lowest BCUT2D eigenvalue weighted by atomic mass is 10.5. The molecule has 0 aromatic heterocycles. The third-order valence-electron chi connectivity index (χ3n) is 2.85. The van der Waals surface area contributed by atoms with E-state index < -0.39 is 0 Å². The van der Waals surface area contributed by atoms with Gasteiger partial charge in [-0.2, -0.15) is 0 Å². The van der Waals surface area contributed by atoms with E-state index in [1.165, 1.54) is 45.5 Å². The van der Waals surface area contributed by atoms with Gasteiger partial charge in [-0.25, -0.2) is 8.61 Å². The topological polar surface area (TPSA) is 59.1 Å². The zero-order chi connectivity index (χ0) is 17.0. The van der Waals surface area contributed by atoms with E-state index in [2.05, 4.69) is 0 Å². The summed E-state index contributed by atoms with van der Waals surface area (Å²) in [6.45, 7) is 6.00. The zero-order valence-electron chi connectivity index (χ0n) is 13.0. The summed E-state index contributed by atoms with van der Waals surface area (Å²) >= 11 is 2.56. The largest absolute Gasteiger partial charge is 0.379 e. The molecule has 0 saturated carbocycles. The maximum absolute atomic E-state index is 11.8. The second-order valence-corrected chi connectivity index (χ2v) is 12.0. The molecule has 2 fully saturated rings. The van der Waals surface area contributed by atoms with E-state index in [1.54, 1.807) is 21.6 Å². The number of nitrogens with zero attached hydrogens (tertiary/aromatic N) is 2. The summed E-state index contributed by atoms with van der Waals surface area (Å²) in [4.78, 5) is 23.6. The Kier molecular flexibility index (Phi) is 12.1. The minimum atomic E-state index is 0.110. The van der Waals surface area contributed by atoms with Crippen LogP contribution in [-0.2, 0) is 9.47 Å². The number of hydrogen-bond acceptors (Lipinski definition) is 12. The standard InChI is InChI=1S/C12H20N2O4S6/c15-11(21-13-1-5-17-6-2-13)23-19-9-10-20-24-12(16)22-14-3-7-18-8-4-14/h1-10H2. The van der Waals surface area contributed by atoms with Crippen LogP contribution in [0, 0.1) is 0 Å². The fourth-order valence-corrected chi connectivity index (χ4v) is 8.34. The van der Waals surface area contributed by atoms with Crippen molar-refractivity contribution in [3.05, 3.63) is 0 Å². The highest BCUT2D eigenvalue weighted by molar-refractivity contribution is 8.87. The van der Waals surface area contributed by atoms with Crippen molar-refractivity contribution in [1.82, 2.24) is 8.61 Å². The molecule has 2 rings (SSSR count). The van der Waals surface area contributed by atoms with Crippen molar-refractivity contribution >= 4 is 76.0 Å². The Morgan fingerprint density at radius 2 is 1.08 bits per heavy atom. The molecule has 2 heterocycles. The molecular formula is C12H20N2O4S6. The van der Waals surface area contributed by atoms with Crippen molar-refractivity contribution in [3.8, 4) is 0 Å². The van der Waals surface area contributed by atoms with Gasteiger partial charge in [0.1, 0.15) is 0 Å². The van der Waals surface area contributed by atoms with Gasteiger partial charge >= 0.3 is 0 Å². The highest BCUT2D eigenvalue weighted by atomic mass is 33.1. The molecule has 2 aliphatic rings. The molecule has 0 aromatic carbocycles. The summed E-state index contributed by atoms with van der Waals surface area (Å²) < 4.78 is 14.8. The average molecular weight is 449 g/mol. The van der Waals surface area contributed by atoms with Gasteiger partial charge in [-0.05, 0) is 21.6 Å². The maximum atomic E-state index is 11.8. The van der Waals surface area contributed by atoms with Gasteiger partial charge in [0, 0.05) is 61.6 Å². The number of carbonyl (C=O) groups excluding carboxylic acids is 2. The first-order valence-corrected chi connectivity index (χ1v) is 13.6. The van der Waals surface area contributed by atoms with Crippen LogP contribution in [0.4, 0.5) is 9.59 Å². The van der Waals surface area contributed by atoms with Gasteiger partial charge in [0.25, 0.3) is 8.89 Å². The van der Waals surface area contributed by atoms with Gasteiger partial charge < -0.3 is 9.47 Å². The number of rotatable bonds is 7. The second kappa shape index (κ2) is 13.4. The van der Waals surface area contributed by atoms with Crippen LogP contribution in [-0.4, -0.2) is 81.6 Å². The van der Waals surface area contributed by atoms with Crippen LogP contribution in [0.1, 0.15) is 0 Å². The first-order chi connectivity index (χ1) is 11.7. The predicted molar refractivity (Wildman–Crippen MR) is 111 cm³/mol. The lowest BCUT2D eigenvalue weighted by molar-refractivity contribution is 0.0775. The molecule has 0 N–H and O–H groups in total. The van der Waals surface area contributed by atoms with Gasteiger partial charge in [-0.15, -0.1) is 0 Å². The highest BCUT2D eigenvalue weighted by Gasteiger charge is 2.17. The fourth-order valence-electron chi connectivity index (χ4n) is 1.76. The van der Waals surface area contributed by atoms with Gasteiger partial charge in [-0.1, -0.05) is 21.6 Å². The van der Waals surface area contributed by atoms with Crippen molar-refractivity contribution in [1.29, 1.82) is 0 Å². The third-order valence-corrected chi connectivity index (χ3v) is 10.1. The molecule has 0 bridgehead atoms. The molecule has 12 heteroatoms. The molecule has 0 spiro atoms. The molecule has 0 unspecified atom stereocenters. The maximum Gasteiger partial charge on any atom is 0.271 e. The minimum Gasteiger partial charge on any atom is -0.379 e. The molecule has 24 heavy (non-hydrogen) atoms. The zero-order valence-corrected chi connectivity index (χ0v) is 17.9. The van der Waals surface area contributed by atoms with Crippen LogP contribution in [0.2, 0.25) is 0 Å². The summed E-state index contributed by atoms with van der Waals surface area (Å²) in [5.74, 6) is 1.68. The van der Waals surface area contributed by atoms with Crippen LogP contribution >= 0.6 is 67.1 Å². The van der Waals surface area contributed by atoms with Crippen molar-refractivity contribution in [2.45, 2.75) is 0 Å². The molecule has 0 aliphatic carbocycles. The molecule has 0 amide bonds. The Labute approximate surface area is 167 Å². The van der Waals surface area contributed by atoms with Crippen LogP contribution < -0.4 is 0 Å². The number of ether oxygens (including phenoxy) is 2. The SMILES string of the molecule is O=C(SSCCSSC(=O)SN1CCOCC1)SN1CCOCC1. The number of morpholine rings is 2. The minimum absolute atomic E-state index is 0.110. The lowest BCUT2D eigenvalue weighted by Crippen LogP contribution is -2.31. The Bertz CT molecular complexity index is 358. The normalized spacial score (nSPS) is 20.2. The quantitative estimate of drug-likeness (QED) is 0.322. The van der Waals surface area contributed by atoms with Crippen molar-refractivity contribution in [2.75, 3.05) is 64.1 Å². The van der Waals surface area contributed by atoms with Crippen LogP contribution in [0.5, 0.6) is 0 Å².